The van der Waals surface area contributed by atoms with Gasteiger partial charge in [-0.05, 0) is 142 Å². The largest absolute Gasteiger partial charge is 0.454 e. The van der Waals surface area contributed by atoms with Crippen molar-refractivity contribution in [2.75, 3.05) is 16.8 Å². The van der Waals surface area contributed by atoms with Crippen molar-refractivity contribution in [3.8, 4) is 0 Å². The lowest BCUT2D eigenvalue weighted by atomic mass is 9.51. The van der Waals surface area contributed by atoms with E-state index in [-0.39, 0.29) is 28.2 Å². The molecule has 1 aliphatic heterocycles. The highest BCUT2D eigenvalue weighted by atomic mass is 16.3. The second-order valence-electron chi connectivity index (χ2n) is 25.7. The first-order chi connectivity index (χ1) is 42.0. The lowest BCUT2D eigenvalue weighted by molar-refractivity contribution is 0.401. The van der Waals surface area contributed by atoms with Crippen molar-refractivity contribution in [3.63, 3.8) is 0 Å². The topological polar surface area (TPSA) is 32.8 Å². The van der Waals surface area contributed by atoms with E-state index >= 15 is 0 Å². The molecule has 1 saturated carbocycles. The fourth-order valence-corrected chi connectivity index (χ4v) is 16.9. The monoisotopic (exact) mass is 1110 g/mol. The first-order valence-corrected chi connectivity index (χ1v) is 30.7. The van der Waals surface area contributed by atoms with Crippen molar-refractivity contribution >= 4 is 83.7 Å². The van der Waals surface area contributed by atoms with Crippen molar-refractivity contribution in [2.24, 2.45) is 11.8 Å². The number of allylic oxidation sites excluding steroid dienone is 5. The minimum absolute atomic E-state index is 0.141. The Morgan fingerprint density at radius 1 is 0.500 bits per heavy atom. The summed E-state index contributed by atoms with van der Waals surface area (Å²) in [4.78, 5) is 5.14. The maximum absolute atomic E-state index is 6.91. The van der Waals surface area contributed by atoms with Gasteiger partial charge in [-0.15, -0.1) is 0 Å². The Kier molecular flexibility index (Phi) is 10.9. The fraction of sp³-hybridized carbons (Fsp3) is 0.160. The Balaban J connectivity index is 0.875. The number of fused-ring (bicyclic) bond motifs is 10. The summed E-state index contributed by atoms with van der Waals surface area (Å²) in [6, 6.07) is 89.6. The van der Waals surface area contributed by atoms with Crippen LogP contribution in [0, 0.1) is 11.8 Å². The van der Waals surface area contributed by atoms with Crippen LogP contribution in [0.25, 0.3) is 43.9 Å². The molecule has 5 atom stereocenters. The van der Waals surface area contributed by atoms with E-state index in [4.69, 9.17) is 8.83 Å². The number of para-hydroxylation sites is 6. The summed E-state index contributed by atoms with van der Waals surface area (Å²) in [6.45, 7) is 9.86. The van der Waals surface area contributed by atoms with Crippen LogP contribution in [0.2, 0.25) is 0 Å². The molecule has 5 aliphatic rings. The SMILES string of the molecule is CC1(C)C2=CCCC=C2C(c2ccccc2)(c2ccc(N3c4ccc(N(c5ccccc5)c5cccc6c5oc5ccccc56)cc4C(C)(C)C4C5C=C([N+](C)(c6ccccc6)c6cccc7c6oc6ccccc67)C=CC543)cc2)c2ccccc21. The maximum Gasteiger partial charge on any atom is 0.196 e. The molecule has 0 amide bonds. The number of anilines is 5. The van der Waals surface area contributed by atoms with Gasteiger partial charge in [-0.1, -0.05) is 210 Å². The van der Waals surface area contributed by atoms with Crippen molar-refractivity contribution in [3.05, 3.63) is 318 Å². The zero-order chi connectivity index (χ0) is 57.7. The molecule has 1 spiro atoms. The maximum atomic E-state index is 6.91. The highest BCUT2D eigenvalue weighted by Gasteiger charge is 2.75. The van der Waals surface area contributed by atoms with Crippen LogP contribution in [0.1, 0.15) is 68.4 Å². The molecule has 10 aromatic carbocycles. The van der Waals surface area contributed by atoms with Gasteiger partial charge in [0.15, 0.2) is 16.9 Å². The van der Waals surface area contributed by atoms with Gasteiger partial charge in [0.25, 0.3) is 0 Å². The molecule has 17 rings (SSSR count). The molecule has 0 bridgehead atoms. The molecule has 5 unspecified atom stereocenters. The van der Waals surface area contributed by atoms with Crippen LogP contribution in [0.15, 0.2) is 299 Å². The third-order valence-corrected chi connectivity index (χ3v) is 20.8. The molecule has 0 saturated heterocycles. The number of nitrogens with zero attached hydrogens (tertiary/aromatic N) is 3. The third kappa shape index (κ3) is 6.86. The van der Waals surface area contributed by atoms with Gasteiger partial charge < -0.3 is 18.6 Å². The molecule has 4 aliphatic carbocycles. The molecule has 12 aromatic rings. The normalized spacial score (nSPS) is 22.0. The number of rotatable bonds is 9. The van der Waals surface area contributed by atoms with Gasteiger partial charge in [0.1, 0.15) is 22.6 Å². The van der Waals surface area contributed by atoms with Crippen LogP contribution >= 0.6 is 0 Å². The van der Waals surface area contributed by atoms with Crippen LogP contribution in [0.3, 0.4) is 0 Å². The first kappa shape index (κ1) is 50.8. The Labute approximate surface area is 503 Å². The summed E-state index contributed by atoms with van der Waals surface area (Å²) in [6.07, 6.45) is 14.9. The Bertz CT molecular complexity index is 4870. The summed E-state index contributed by atoms with van der Waals surface area (Å²) in [5.74, 6) is 0.339. The zero-order valence-corrected chi connectivity index (χ0v) is 49.2. The second kappa shape index (κ2) is 18.4. The fourth-order valence-electron chi connectivity index (χ4n) is 16.9. The molecule has 0 radical (unpaired) electrons. The smallest absolute Gasteiger partial charge is 0.196 e. The highest BCUT2D eigenvalue weighted by Crippen LogP contribution is 2.73. The Hall–Kier alpha value is -9.68. The molecular weight excluding hydrogens is 1050 g/mol. The van der Waals surface area contributed by atoms with Gasteiger partial charge >= 0.3 is 0 Å². The van der Waals surface area contributed by atoms with Crippen molar-refractivity contribution in [1.82, 2.24) is 4.48 Å². The van der Waals surface area contributed by atoms with Crippen LogP contribution in [0.4, 0.5) is 39.8 Å². The standard InChI is InChI=1S/C81H66N3O2/c1-78(2)64-35-17-19-37-66(64)81(53-25-9-6-10-26-53,67-38-20-18-36-65(67)78)54-43-45-56(46-44-54)83-70-48-47-57(82(55-27-11-7-12-28-55)71-39-23-33-62-60-31-15-21-41-73(60)85-75(62)71)51-68(70)79(3,4)77-69-52-59(49-50-80(69,77)83)84(5,58-29-13-8-14-30-58)72-40-24-34-63-61-32-16-22-42-74(61)86-76(63)72/h6-17,19,21-52,69,77H,18,20H2,1-5H3/q+1. The Morgan fingerprint density at radius 2 is 1.08 bits per heavy atom. The van der Waals surface area contributed by atoms with Crippen LogP contribution < -0.4 is 14.3 Å². The number of hydrogen-bond acceptors (Lipinski definition) is 4. The number of furan rings is 2. The average Bonchev–Trinajstić information content (AvgIpc) is 1.46. The lowest BCUT2D eigenvalue weighted by Crippen LogP contribution is -2.45. The highest BCUT2D eigenvalue weighted by molar-refractivity contribution is 6.11. The van der Waals surface area contributed by atoms with Crippen molar-refractivity contribution < 1.29 is 8.83 Å². The van der Waals surface area contributed by atoms with E-state index in [0.717, 1.165) is 79.5 Å². The van der Waals surface area contributed by atoms with Crippen LogP contribution in [-0.4, -0.2) is 12.6 Å². The van der Waals surface area contributed by atoms with E-state index in [0.29, 0.717) is 4.48 Å². The number of benzene rings is 10. The summed E-state index contributed by atoms with van der Waals surface area (Å²) in [5, 5.41) is 4.47. The summed E-state index contributed by atoms with van der Waals surface area (Å²) < 4.78 is 14.2. The van der Waals surface area contributed by atoms with E-state index in [1.54, 1.807) is 0 Å². The molecule has 416 valence electrons. The number of quaternary nitrogens is 1. The van der Waals surface area contributed by atoms with Gasteiger partial charge in [-0.25, -0.2) is 4.48 Å². The summed E-state index contributed by atoms with van der Waals surface area (Å²) in [5.41, 5.74) is 20.7. The molecular formula is C81H66N3O2+. The van der Waals surface area contributed by atoms with Gasteiger partial charge in [-0.2, -0.15) is 0 Å². The predicted molar refractivity (Wildman–Crippen MR) is 356 cm³/mol. The molecule has 86 heavy (non-hydrogen) atoms. The molecule has 5 heteroatoms. The average molecular weight is 1110 g/mol. The van der Waals surface area contributed by atoms with Gasteiger partial charge in [0, 0.05) is 67.6 Å². The molecule has 5 nitrogen and oxygen atoms in total. The molecule has 3 heterocycles. The first-order valence-electron chi connectivity index (χ1n) is 30.7. The summed E-state index contributed by atoms with van der Waals surface area (Å²) in [7, 11) is 2.36. The second-order valence-corrected chi connectivity index (χ2v) is 25.7. The van der Waals surface area contributed by atoms with E-state index in [2.05, 4.69) is 318 Å². The zero-order valence-electron chi connectivity index (χ0n) is 49.2. The van der Waals surface area contributed by atoms with E-state index in [9.17, 15) is 0 Å². The quantitative estimate of drug-likeness (QED) is 0.135. The number of hydrogen-bond donors (Lipinski definition) is 0. The Morgan fingerprint density at radius 3 is 1.80 bits per heavy atom. The van der Waals surface area contributed by atoms with E-state index < -0.39 is 5.41 Å². The van der Waals surface area contributed by atoms with E-state index in [1.165, 1.54) is 61.7 Å². The summed E-state index contributed by atoms with van der Waals surface area (Å²) >= 11 is 0. The van der Waals surface area contributed by atoms with Crippen LogP contribution in [0.5, 0.6) is 0 Å². The van der Waals surface area contributed by atoms with E-state index in [1.807, 2.05) is 0 Å². The molecule has 0 N–H and O–H groups in total. The molecule has 1 fully saturated rings. The minimum atomic E-state index is -0.522. The minimum Gasteiger partial charge on any atom is -0.454 e. The molecule has 2 aromatic heterocycles. The van der Waals surface area contributed by atoms with Gasteiger partial charge in [-0.3, -0.25) is 0 Å². The number of likely N-dealkylation sites (N-methyl/N-ethyl adjacent to an activating group) is 1. The van der Waals surface area contributed by atoms with Crippen molar-refractivity contribution in [1.29, 1.82) is 0 Å². The van der Waals surface area contributed by atoms with Crippen LogP contribution in [-0.2, 0) is 16.2 Å². The predicted octanol–water partition coefficient (Wildman–Crippen LogP) is 21.1. The lowest BCUT2D eigenvalue weighted by Gasteiger charge is -2.51. The van der Waals surface area contributed by atoms with Gasteiger partial charge in [0.05, 0.1) is 23.7 Å². The van der Waals surface area contributed by atoms with Crippen molar-refractivity contribution in [2.45, 2.75) is 62.3 Å². The van der Waals surface area contributed by atoms with Gasteiger partial charge in [0.2, 0.25) is 0 Å². The third-order valence-electron chi connectivity index (χ3n) is 20.8.